The first kappa shape index (κ1) is 22.8. The van der Waals surface area contributed by atoms with Crippen LogP contribution in [-0.2, 0) is 20.7 Å². The molecule has 0 unspecified atom stereocenters. The highest BCUT2D eigenvalue weighted by atomic mass is 16.5. The molecule has 1 saturated carbocycles. The van der Waals surface area contributed by atoms with E-state index in [9.17, 15) is 9.59 Å². The standard InChI is InChI=1S/C24H33N3O4/c1-16-8-5-6-11-22(16)25-23(28)15-31-24(29)13-12-21-17(2)26-27(18(21)3)19-9-7-10-20(14-19)30-4/h7,9-10,14,16,22H,5-6,8,11-13,15H2,1-4H3,(H,25,28)/t16-,22-/m0/s1. The highest BCUT2D eigenvalue weighted by molar-refractivity contribution is 5.80. The molecule has 7 heteroatoms. The summed E-state index contributed by atoms with van der Waals surface area (Å²) in [5.41, 5.74) is 3.77. The molecule has 0 radical (unpaired) electrons. The maximum Gasteiger partial charge on any atom is 0.306 e. The molecule has 2 atom stereocenters. The Hall–Kier alpha value is -2.83. The molecule has 1 heterocycles. The van der Waals surface area contributed by atoms with Crippen molar-refractivity contribution in [3.63, 3.8) is 0 Å². The van der Waals surface area contributed by atoms with Crippen LogP contribution >= 0.6 is 0 Å². The molecule has 1 N–H and O–H groups in total. The number of methoxy groups -OCH3 is 1. The summed E-state index contributed by atoms with van der Waals surface area (Å²) in [5.74, 6) is 0.640. The van der Waals surface area contributed by atoms with E-state index in [1.807, 2.05) is 42.8 Å². The van der Waals surface area contributed by atoms with Crippen molar-refractivity contribution in [3.8, 4) is 11.4 Å². The van der Waals surface area contributed by atoms with E-state index in [2.05, 4.69) is 17.3 Å². The number of nitrogens with zero attached hydrogens (tertiary/aromatic N) is 2. The Labute approximate surface area is 184 Å². The fourth-order valence-electron chi connectivity index (χ4n) is 4.25. The van der Waals surface area contributed by atoms with Crippen molar-refractivity contribution < 1.29 is 19.1 Å². The molecule has 2 aromatic rings. The summed E-state index contributed by atoms with van der Waals surface area (Å²) in [5, 5.41) is 7.63. The molecule has 1 aromatic carbocycles. The third-order valence-electron chi connectivity index (χ3n) is 6.14. The van der Waals surface area contributed by atoms with Crippen molar-refractivity contribution >= 4 is 11.9 Å². The number of ether oxygens (including phenoxy) is 2. The molecule has 3 rings (SSSR count). The summed E-state index contributed by atoms with van der Waals surface area (Å²) in [6.45, 7) is 5.86. The van der Waals surface area contributed by atoms with Crippen molar-refractivity contribution in [2.45, 2.75) is 65.3 Å². The van der Waals surface area contributed by atoms with Gasteiger partial charge in [-0.05, 0) is 56.7 Å². The van der Waals surface area contributed by atoms with Crippen LogP contribution in [0.15, 0.2) is 24.3 Å². The number of carbonyl (C=O) groups excluding carboxylic acids is 2. The molecule has 7 nitrogen and oxygen atoms in total. The van der Waals surface area contributed by atoms with Gasteiger partial charge in [-0.3, -0.25) is 9.59 Å². The lowest BCUT2D eigenvalue weighted by atomic mass is 9.86. The van der Waals surface area contributed by atoms with Crippen LogP contribution in [0, 0.1) is 19.8 Å². The predicted octanol–water partition coefficient (Wildman–Crippen LogP) is 3.67. The molecule has 1 aromatic heterocycles. The van der Waals surface area contributed by atoms with Gasteiger partial charge < -0.3 is 14.8 Å². The molecule has 0 saturated heterocycles. The Morgan fingerprint density at radius 3 is 2.74 bits per heavy atom. The van der Waals surface area contributed by atoms with Gasteiger partial charge in [-0.25, -0.2) is 4.68 Å². The zero-order chi connectivity index (χ0) is 22.4. The second-order valence-corrected chi connectivity index (χ2v) is 8.36. The van der Waals surface area contributed by atoms with Crippen molar-refractivity contribution in [2.75, 3.05) is 13.7 Å². The van der Waals surface area contributed by atoms with Crippen LogP contribution < -0.4 is 10.1 Å². The first-order valence-corrected chi connectivity index (χ1v) is 11.0. The van der Waals surface area contributed by atoms with Crippen molar-refractivity contribution in [1.82, 2.24) is 15.1 Å². The number of carbonyl (C=O) groups is 2. The zero-order valence-corrected chi connectivity index (χ0v) is 18.9. The van der Waals surface area contributed by atoms with Crippen molar-refractivity contribution in [3.05, 3.63) is 41.2 Å². The minimum absolute atomic E-state index is 0.188. The Kier molecular flexibility index (Phi) is 7.71. The van der Waals surface area contributed by atoms with E-state index >= 15 is 0 Å². The highest BCUT2D eigenvalue weighted by Crippen LogP contribution is 2.24. The van der Waals surface area contributed by atoms with Crippen LogP contribution in [0.2, 0.25) is 0 Å². The Morgan fingerprint density at radius 2 is 2.00 bits per heavy atom. The number of aromatic nitrogens is 2. The summed E-state index contributed by atoms with van der Waals surface area (Å²) < 4.78 is 12.4. The quantitative estimate of drug-likeness (QED) is 0.650. The largest absolute Gasteiger partial charge is 0.497 e. The molecule has 0 spiro atoms. The summed E-state index contributed by atoms with van der Waals surface area (Å²) >= 11 is 0. The number of aryl methyl sites for hydroxylation is 1. The van der Waals surface area contributed by atoms with Gasteiger partial charge in [-0.1, -0.05) is 25.8 Å². The van der Waals surface area contributed by atoms with Gasteiger partial charge in [0, 0.05) is 24.2 Å². The van der Waals surface area contributed by atoms with E-state index in [1.165, 1.54) is 6.42 Å². The van der Waals surface area contributed by atoms with Crippen LogP contribution in [0.4, 0.5) is 0 Å². The number of amides is 1. The third kappa shape index (κ3) is 5.87. The van der Waals surface area contributed by atoms with Gasteiger partial charge in [0.05, 0.1) is 18.5 Å². The van der Waals surface area contributed by atoms with Gasteiger partial charge in [0.25, 0.3) is 5.91 Å². The van der Waals surface area contributed by atoms with E-state index in [4.69, 9.17) is 9.47 Å². The molecule has 1 aliphatic carbocycles. The van der Waals surface area contributed by atoms with Crippen LogP contribution in [0.5, 0.6) is 5.75 Å². The molecular formula is C24H33N3O4. The highest BCUT2D eigenvalue weighted by Gasteiger charge is 2.23. The van der Waals surface area contributed by atoms with Gasteiger partial charge in [0.1, 0.15) is 5.75 Å². The molecule has 1 fully saturated rings. The zero-order valence-electron chi connectivity index (χ0n) is 18.9. The Morgan fingerprint density at radius 1 is 1.23 bits per heavy atom. The number of nitrogens with one attached hydrogen (secondary N) is 1. The van der Waals surface area contributed by atoms with Crippen molar-refractivity contribution in [1.29, 1.82) is 0 Å². The summed E-state index contributed by atoms with van der Waals surface area (Å²) in [7, 11) is 1.63. The van der Waals surface area contributed by atoms with Gasteiger partial charge in [0.15, 0.2) is 6.61 Å². The molecule has 0 bridgehead atoms. The number of rotatable bonds is 8. The molecule has 1 aliphatic rings. The summed E-state index contributed by atoms with van der Waals surface area (Å²) in [4.78, 5) is 24.4. The van der Waals surface area contributed by atoms with Gasteiger partial charge in [0.2, 0.25) is 0 Å². The average molecular weight is 428 g/mol. The van der Waals surface area contributed by atoms with Crippen LogP contribution in [-0.4, -0.2) is 41.4 Å². The topological polar surface area (TPSA) is 82.5 Å². The van der Waals surface area contributed by atoms with E-state index in [-0.39, 0.29) is 30.9 Å². The number of esters is 1. The average Bonchev–Trinajstić information content (AvgIpc) is 3.05. The lowest BCUT2D eigenvalue weighted by Gasteiger charge is -2.29. The van der Waals surface area contributed by atoms with Crippen molar-refractivity contribution in [2.24, 2.45) is 5.92 Å². The van der Waals surface area contributed by atoms with E-state index in [1.54, 1.807) is 7.11 Å². The summed E-state index contributed by atoms with van der Waals surface area (Å²) in [6, 6.07) is 7.88. The van der Waals surface area contributed by atoms with E-state index < -0.39 is 0 Å². The Balaban J connectivity index is 1.52. The smallest absolute Gasteiger partial charge is 0.306 e. The number of benzene rings is 1. The third-order valence-corrected chi connectivity index (χ3v) is 6.14. The summed E-state index contributed by atoms with van der Waals surface area (Å²) in [6.07, 6.45) is 5.21. The molecular weight excluding hydrogens is 394 g/mol. The Bertz CT molecular complexity index is 922. The van der Waals surface area contributed by atoms with Crippen LogP contribution in [0.1, 0.15) is 56.0 Å². The predicted molar refractivity (Wildman–Crippen MR) is 118 cm³/mol. The second kappa shape index (κ2) is 10.5. The first-order chi connectivity index (χ1) is 14.9. The van der Waals surface area contributed by atoms with E-state index in [0.717, 1.165) is 47.7 Å². The fraction of sp³-hybridized carbons (Fsp3) is 0.542. The monoisotopic (exact) mass is 427 g/mol. The fourth-order valence-corrected chi connectivity index (χ4v) is 4.25. The number of hydrogen-bond acceptors (Lipinski definition) is 5. The normalized spacial score (nSPS) is 18.5. The second-order valence-electron chi connectivity index (χ2n) is 8.36. The maximum atomic E-state index is 12.2. The SMILES string of the molecule is COc1cccc(-n2nc(C)c(CCC(=O)OCC(=O)N[C@H]3CCCC[C@@H]3C)c2C)c1. The minimum Gasteiger partial charge on any atom is -0.497 e. The van der Waals surface area contributed by atoms with Gasteiger partial charge >= 0.3 is 5.97 Å². The van der Waals surface area contributed by atoms with Crippen LogP contribution in [0.3, 0.4) is 0 Å². The maximum absolute atomic E-state index is 12.2. The van der Waals surface area contributed by atoms with E-state index in [0.29, 0.717) is 12.3 Å². The lowest BCUT2D eigenvalue weighted by molar-refractivity contribution is -0.148. The van der Waals surface area contributed by atoms with Crippen LogP contribution in [0.25, 0.3) is 5.69 Å². The minimum atomic E-state index is -0.375. The number of hydrogen-bond donors (Lipinski definition) is 1. The molecule has 0 aliphatic heterocycles. The molecule has 31 heavy (non-hydrogen) atoms. The molecule has 168 valence electrons. The molecule has 1 amide bonds. The first-order valence-electron chi connectivity index (χ1n) is 11.0. The van der Waals surface area contributed by atoms with Gasteiger partial charge in [-0.15, -0.1) is 0 Å². The lowest BCUT2D eigenvalue weighted by Crippen LogP contribution is -2.42. The van der Waals surface area contributed by atoms with Gasteiger partial charge in [-0.2, -0.15) is 5.10 Å².